The molecule has 0 unspecified atom stereocenters. The molecule has 0 spiro atoms. The second kappa shape index (κ2) is 7.14. The van der Waals surface area contributed by atoms with E-state index >= 15 is 0 Å². The van der Waals surface area contributed by atoms with Gasteiger partial charge in [0.1, 0.15) is 28.7 Å². The molecule has 0 fully saturated rings. The van der Waals surface area contributed by atoms with Gasteiger partial charge in [0, 0.05) is 29.7 Å². The summed E-state index contributed by atoms with van der Waals surface area (Å²) in [6.07, 6.45) is -0.199. The first kappa shape index (κ1) is 19.4. The van der Waals surface area contributed by atoms with Crippen molar-refractivity contribution in [3.63, 3.8) is 0 Å². The Balaban J connectivity index is 1.60. The molecule has 0 atom stereocenters. The maximum absolute atomic E-state index is 12.8. The number of hydrogen-bond donors (Lipinski definition) is 2. The molecule has 3 N–H and O–H groups in total. The molecule has 30 heavy (non-hydrogen) atoms. The van der Waals surface area contributed by atoms with Crippen LogP contribution in [-0.2, 0) is 6.18 Å². The number of nitrogens with zero attached hydrogens (tertiary/aromatic N) is 4. The molecule has 4 aromatic rings. The number of nitrogen functional groups attached to an aromatic ring is 1. The van der Waals surface area contributed by atoms with E-state index in [-0.39, 0.29) is 11.4 Å². The molecule has 0 radical (unpaired) electrons. The van der Waals surface area contributed by atoms with Gasteiger partial charge in [0.25, 0.3) is 5.91 Å². The summed E-state index contributed by atoms with van der Waals surface area (Å²) in [5, 5.41) is 2.37. The lowest BCUT2D eigenvalue weighted by Crippen LogP contribution is -2.14. The van der Waals surface area contributed by atoms with Gasteiger partial charge in [-0.25, -0.2) is 15.0 Å². The van der Waals surface area contributed by atoms with Gasteiger partial charge in [-0.2, -0.15) is 13.2 Å². The predicted molar refractivity (Wildman–Crippen MR) is 105 cm³/mol. The second-order valence-electron chi connectivity index (χ2n) is 6.50. The number of carbonyl (C=O) groups excluding carboxylic acids is 1. The van der Waals surface area contributed by atoms with Crippen molar-refractivity contribution in [2.75, 3.05) is 11.1 Å². The Hall–Kier alpha value is -3.95. The largest absolute Gasteiger partial charge is 0.416 e. The lowest BCUT2D eigenvalue weighted by atomic mass is 10.1. The number of nitrogens with one attached hydrogen (secondary N) is 1. The molecule has 0 aliphatic carbocycles. The van der Waals surface area contributed by atoms with Crippen molar-refractivity contribution >= 4 is 23.1 Å². The van der Waals surface area contributed by atoms with Gasteiger partial charge in [-0.15, -0.1) is 0 Å². The van der Waals surface area contributed by atoms with Crippen molar-refractivity contribution in [3.8, 4) is 11.3 Å². The minimum Gasteiger partial charge on any atom is -0.382 e. The highest BCUT2D eigenvalue weighted by Gasteiger charge is 2.30. The number of hydrogen-bond acceptors (Lipinski definition) is 5. The second-order valence-corrected chi connectivity index (χ2v) is 6.50. The normalized spacial score (nSPS) is 11.6. The van der Waals surface area contributed by atoms with Crippen molar-refractivity contribution in [3.05, 3.63) is 71.9 Å². The monoisotopic (exact) mass is 412 g/mol. The minimum absolute atomic E-state index is 0.187. The van der Waals surface area contributed by atoms with Crippen molar-refractivity contribution in [2.24, 2.45) is 0 Å². The van der Waals surface area contributed by atoms with Crippen LogP contribution in [0.15, 0.2) is 55.0 Å². The number of aryl methyl sites for hydroxylation is 1. The highest BCUT2D eigenvalue weighted by atomic mass is 19.4. The molecule has 4 rings (SSSR count). The number of alkyl halides is 3. The van der Waals surface area contributed by atoms with Gasteiger partial charge in [0.15, 0.2) is 0 Å². The van der Waals surface area contributed by atoms with Gasteiger partial charge < -0.3 is 11.1 Å². The highest BCUT2D eigenvalue weighted by Crippen LogP contribution is 2.30. The summed E-state index contributed by atoms with van der Waals surface area (Å²) < 4.78 is 40.3. The fourth-order valence-electron chi connectivity index (χ4n) is 3.06. The average molecular weight is 412 g/mol. The molecular weight excluding hydrogens is 397 g/mol. The molecular formula is C20H15F3N6O. The number of anilines is 2. The average Bonchev–Trinajstić information content (AvgIpc) is 3.06. The molecule has 7 nitrogen and oxygen atoms in total. The molecule has 3 aromatic heterocycles. The molecule has 3 heterocycles. The predicted octanol–water partition coefficient (Wildman–Crippen LogP) is 3.95. The molecule has 1 amide bonds. The smallest absolute Gasteiger partial charge is 0.382 e. The third-order valence-electron chi connectivity index (χ3n) is 4.51. The molecule has 0 aliphatic rings. The Morgan fingerprint density at radius 1 is 1.10 bits per heavy atom. The van der Waals surface area contributed by atoms with Crippen molar-refractivity contribution < 1.29 is 18.0 Å². The number of fused-ring (bicyclic) bond motifs is 1. The van der Waals surface area contributed by atoms with Crippen LogP contribution in [0.25, 0.3) is 16.8 Å². The van der Waals surface area contributed by atoms with Crippen LogP contribution in [0.2, 0.25) is 0 Å². The summed E-state index contributed by atoms with van der Waals surface area (Å²) in [5.41, 5.74) is 7.34. The molecule has 0 bridgehead atoms. The number of amides is 1. The van der Waals surface area contributed by atoms with E-state index in [1.807, 2.05) is 11.3 Å². The van der Waals surface area contributed by atoms with Crippen LogP contribution < -0.4 is 11.1 Å². The molecule has 0 aliphatic heterocycles. The Labute approximate surface area is 168 Å². The van der Waals surface area contributed by atoms with Gasteiger partial charge in [-0.1, -0.05) is 12.1 Å². The van der Waals surface area contributed by atoms with Gasteiger partial charge in [-0.05, 0) is 31.2 Å². The third kappa shape index (κ3) is 3.54. The standard InChI is InChI=1S/C20H15F3N6O/c1-11-27-16(17-18(24)26-8-9-29(11)17)12-2-4-13(5-3-12)19(30)28-15-10-14(6-7-25-15)20(21,22)23/h2-10H,1H3,(H2,24,26)(H,25,28,30). The van der Waals surface area contributed by atoms with Crippen LogP contribution in [0.5, 0.6) is 0 Å². The number of imidazole rings is 1. The van der Waals surface area contributed by atoms with Crippen molar-refractivity contribution in [1.29, 1.82) is 0 Å². The maximum Gasteiger partial charge on any atom is 0.416 e. The maximum atomic E-state index is 12.8. The first-order valence-electron chi connectivity index (χ1n) is 8.78. The van der Waals surface area contributed by atoms with E-state index in [2.05, 4.69) is 20.3 Å². The first-order valence-corrected chi connectivity index (χ1v) is 8.78. The van der Waals surface area contributed by atoms with Gasteiger partial charge in [0.2, 0.25) is 0 Å². The first-order chi connectivity index (χ1) is 14.2. The van der Waals surface area contributed by atoms with E-state index in [0.717, 1.165) is 24.2 Å². The van der Waals surface area contributed by atoms with Crippen LogP contribution in [0.3, 0.4) is 0 Å². The summed E-state index contributed by atoms with van der Waals surface area (Å²) in [4.78, 5) is 24.8. The lowest BCUT2D eigenvalue weighted by Gasteiger charge is -2.09. The molecule has 1 aromatic carbocycles. The number of nitrogens with two attached hydrogens (primary N) is 1. The Morgan fingerprint density at radius 2 is 1.83 bits per heavy atom. The fraction of sp³-hybridized carbons (Fsp3) is 0.100. The lowest BCUT2D eigenvalue weighted by molar-refractivity contribution is -0.137. The van der Waals surface area contributed by atoms with E-state index in [1.165, 1.54) is 0 Å². The number of carbonyl (C=O) groups is 1. The number of pyridine rings is 1. The number of rotatable bonds is 3. The van der Waals surface area contributed by atoms with Gasteiger partial charge in [-0.3, -0.25) is 9.20 Å². The summed E-state index contributed by atoms with van der Waals surface area (Å²) in [6, 6.07) is 8.08. The molecule has 152 valence electrons. The Morgan fingerprint density at radius 3 is 2.53 bits per heavy atom. The number of benzene rings is 1. The summed E-state index contributed by atoms with van der Waals surface area (Å²) in [7, 11) is 0. The van der Waals surface area contributed by atoms with E-state index in [1.54, 1.807) is 36.7 Å². The topological polar surface area (TPSA) is 98.2 Å². The van der Waals surface area contributed by atoms with Crippen LogP contribution in [0.1, 0.15) is 21.7 Å². The van der Waals surface area contributed by atoms with Crippen molar-refractivity contribution in [1.82, 2.24) is 19.4 Å². The quantitative estimate of drug-likeness (QED) is 0.531. The molecule has 10 heteroatoms. The van der Waals surface area contributed by atoms with Crippen molar-refractivity contribution in [2.45, 2.75) is 13.1 Å². The van der Waals surface area contributed by atoms with E-state index in [4.69, 9.17) is 5.73 Å². The van der Waals surface area contributed by atoms with Crippen LogP contribution >= 0.6 is 0 Å². The van der Waals surface area contributed by atoms with Crippen LogP contribution in [-0.4, -0.2) is 25.3 Å². The van der Waals surface area contributed by atoms with Gasteiger partial charge >= 0.3 is 6.18 Å². The zero-order valence-corrected chi connectivity index (χ0v) is 15.6. The fourth-order valence-corrected chi connectivity index (χ4v) is 3.06. The molecule has 0 saturated carbocycles. The number of aromatic nitrogens is 4. The Bertz CT molecular complexity index is 1250. The highest BCUT2D eigenvalue weighted by molar-refractivity contribution is 6.04. The summed E-state index contributed by atoms with van der Waals surface area (Å²) in [5.74, 6) is 0.283. The van der Waals surface area contributed by atoms with Crippen LogP contribution in [0, 0.1) is 6.92 Å². The van der Waals surface area contributed by atoms with Gasteiger partial charge in [0.05, 0.1) is 5.56 Å². The zero-order chi connectivity index (χ0) is 21.5. The zero-order valence-electron chi connectivity index (χ0n) is 15.6. The van der Waals surface area contributed by atoms with E-state index in [0.29, 0.717) is 22.6 Å². The van der Waals surface area contributed by atoms with Crippen LogP contribution in [0.4, 0.5) is 24.8 Å². The number of halogens is 3. The SMILES string of the molecule is Cc1nc(-c2ccc(C(=O)Nc3cc(C(F)(F)F)ccn3)cc2)c2c(N)nccn12. The Kier molecular flexibility index (Phi) is 4.61. The van der Waals surface area contributed by atoms with E-state index in [9.17, 15) is 18.0 Å². The van der Waals surface area contributed by atoms with E-state index < -0.39 is 17.6 Å². The summed E-state index contributed by atoms with van der Waals surface area (Å²) in [6.45, 7) is 1.83. The minimum atomic E-state index is -4.52. The molecule has 0 saturated heterocycles. The third-order valence-corrected chi connectivity index (χ3v) is 4.51. The summed E-state index contributed by atoms with van der Waals surface area (Å²) >= 11 is 0.